The third-order valence-corrected chi connectivity index (χ3v) is 3.12. The van der Waals surface area contributed by atoms with Gasteiger partial charge in [0.2, 0.25) is 0 Å². The van der Waals surface area contributed by atoms with Gasteiger partial charge in [0.15, 0.2) is 0 Å². The van der Waals surface area contributed by atoms with Crippen LogP contribution in [0.2, 0.25) is 0 Å². The molecule has 0 heterocycles. The number of anilines is 1. The predicted octanol–water partition coefficient (Wildman–Crippen LogP) is -0.250. The Labute approximate surface area is 165 Å². The summed E-state index contributed by atoms with van der Waals surface area (Å²) in [7, 11) is 0. The fraction of sp³-hybridized carbons (Fsp3) is 0.286. The molecule has 1 N–H and O–H groups in total. The number of hydrogen-bond donors (Lipinski definition) is 1. The predicted molar refractivity (Wildman–Crippen MR) is 85.4 cm³/mol. The molecule has 0 fully saturated rings. The Morgan fingerprint density at radius 1 is 1.09 bits per heavy atom. The second-order valence-electron chi connectivity index (χ2n) is 3.78. The molecule has 114 valence electrons. The maximum absolute atomic E-state index is 11.9. The molecule has 5 nitrogen and oxygen atoms in total. The Morgan fingerprint density at radius 2 is 1.55 bits per heavy atom. The number of carbonyl (C=O) groups is 2. The second-order valence-corrected chi connectivity index (χ2v) is 5.10. The number of halogens is 1. The molecule has 0 aliphatic carbocycles. The van der Waals surface area contributed by atoms with Crippen LogP contribution in [-0.4, -0.2) is 25.2 Å². The third kappa shape index (κ3) is 6.66. The molecule has 22 heavy (non-hydrogen) atoms. The van der Waals surface area contributed by atoms with E-state index in [1.54, 1.807) is 38.1 Å². The van der Waals surface area contributed by atoms with E-state index in [0.717, 1.165) is 4.47 Å². The van der Waals surface area contributed by atoms with E-state index in [2.05, 4.69) is 21.2 Å². The summed E-state index contributed by atoms with van der Waals surface area (Å²) in [4.78, 5) is 23.7. The largest absolute Gasteiger partial charge is 1.00 e. The monoisotopic (exact) mass is 395 g/mol. The van der Waals surface area contributed by atoms with Crippen molar-refractivity contribution < 1.29 is 48.6 Å². The van der Waals surface area contributed by atoms with Crippen LogP contribution < -0.4 is 34.9 Å². The molecule has 1 rings (SSSR count). The minimum absolute atomic E-state index is 0. The summed E-state index contributed by atoms with van der Waals surface area (Å²) in [5.41, 5.74) is 0.339. The van der Waals surface area contributed by atoms with Crippen molar-refractivity contribution in [3.8, 4) is 0 Å². The maximum Gasteiger partial charge on any atom is 1.00 e. The van der Waals surface area contributed by atoms with Gasteiger partial charge in [-0.2, -0.15) is 0 Å². The first kappa shape index (κ1) is 21.4. The van der Waals surface area contributed by atoms with Crippen molar-refractivity contribution in [3.63, 3.8) is 0 Å². The molecular weight excluding hydrogens is 381 g/mol. The van der Waals surface area contributed by atoms with E-state index in [1.165, 1.54) is 0 Å². The van der Waals surface area contributed by atoms with Crippen LogP contribution in [0.4, 0.5) is 5.69 Å². The number of ether oxygens (including phenoxy) is 2. The zero-order valence-electron chi connectivity index (χ0n) is 12.6. The van der Waals surface area contributed by atoms with Crippen molar-refractivity contribution in [2.45, 2.75) is 13.8 Å². The van der Waals surface area contributed by atoms with Crippen molar-refractivity contribution >= 4 is 46.2 Å². The number of nitrogens with one attached hydrogen (secondary N) is 1. The second kappa shape index (κ2) is 11.0. The topological polar surface area (TPSA) is 64.6 Å². The molecule has 0 aromatic heterocycles. The third-order valence-electron chi connectivity index (χ3n) is 2.29. The summed E-state index contributed by atoms with van der Waals surface area (Å²) < 4.78 is 10.6. The molecule has 0 saturated heterocycles. The quantitative estimate of drug-likeness (QED) is 0.179. The molecule has 0 aliphatic heterocycles. The first-order valence-electron chi connectivity index (χ1n) is 6.27. The summed E-state index contributed by atoms with van der Waals surface area (Å²) in [6.45, 7) is 3.57. The number of carbonyl (C=O) groups excluding carboxylic acids is 2. The SMILES string of the molecule is CCOC(=O)C(C(=O)OCC)=C([S-])Nc1ccc(Br)cc1.[Na+]. The average Bonchev–Trinajstić information content (AvgIpc) is 2.42. The average molecular weight is 396 g/mol. The van der Waals surface area contributed by atoms with E-state index in [1.807, 2.05) is 0 Å². The maximum atomic E-state index is 11.9. The standard InChI is InChI=1S/C14H16BrNO4S.Na/c1-3-19-13(17)11(14(18)20-4-2)12(21)16-10-7-5-9(15)6-8-10;/h5-8,16,21H,3-4H2,1-2H3;/q;+1/p-1. The smallest absolute Gasteiger partial charge is 0.761 e. The van der Waals surface area contributed by atoms with Gasteiger partial charge in [-0.15, -0.1) is 0 Å². The molecule has 1 aromatic rings. The Kier molecular flexibility index (Phi) is 10.7. The molecule has 0 amide bonds. The molecule has 0 spiro atoms. The van der Waals surface area contributed by atoms with E-state index in [0.29, 0.717) is 5.69 Å². The first-order chi connectivity index (χ1) is 9.99. The minimum Gasteiger partial charge on any atom is -0.761 e. The molecule has 0 saturated carbocycles. The van der Waals surface area contributed by atoms with Gasteiger partial charge in [0, 0.05) is 10.2 Å². The molecule has 0 radical (unpaired) electrons. The van der Waals surface area contributed by atoms with Gasteiger partial charge in [0.1, 0.15) is 5.57 Å². The fourth-order valence-electron chi connectivity index (χ4n) is 1.40. The molecule has 0 aliphatic rings. The van der Waals surface area contributed by atoms with Gasteiger partial charge in [-0.05, 0) is 38.1 Å². The Morgan fingerprint density at radius 3 is 1.95 bits per heavy atom. The van der Waals surface area contributed by atoms with Gasteiger partial charge in [0.05, 0.1) is 13.2 Å². The van der Waals surface area contributed by atoms with Gasteiger partial charge in [-0.3, -0.25) is 0 Å². The van der Waals surface area contributed by atoms with Gasteiger partial charge in [-0.25, -0.2) is 9.59 Å². The Balaban J connectivity index is 0.00000441. The van der Waals surface area contributed by atoms with Crippen molar-refractivity contribution in [2.75, 3.05) is 18.5 Å². The van der Waals surface area contributed by atoms with Crippen LogP contribution in [0.25, 0.3) is 0 Å². The van der Waals surface area contributed by atoms with Crippen LogP contribution >= 0.6 is 15.9 Å². The van der Waals surface area contributed by atoms with Crippen LogP contribution in [0.1, 0.15) is 13.8 Å². The van der Waals surface area contributed by atoms with Crippen LogP contribution in [0.15, 0.2) is 39.3 Å². The molecule has 1 aromatic carbocycles. The summed E-state index contributed by atoms with van der Waals surface area (Å²) in [5.74, 6) is -1.60. The van der Waals surface area contributed by atoms with Crippen LogP contribution in [-0.2, 0) is 31.7 Å². The van der Waals surface area contributed by atoms with E-state index >= 15 is 0 Å². The van der Waals surface area contributed by atoms with E-state index in [4.69, 9.17) is 22.1 Å². The van der Waals surface area contributed by atoms with Crippen molar-refractivity contribution in [1.29, 1.82) is 0 Å². The van der Waals surface area contributed by atoms with Gasteiger partial charge in [-0.1, -0.05) is 21.0 Å². The molecular formula is C14H15BrNNaO4S. The van der Waals surface area contributed by atoms with Crippen LogP contribution in [0.3, 0.4) is 0 Å². The summed E-state index contributed by atoms with van der Waals surface area (Å²) in [6.07, 6.45) is 0. The molecule has 0 atom stereocenters. The van der Waals surface area contributed by atoms with Crippen molar-refractivity contribution in [1.82, 2.24) is 0 Å². The van der Waals surface area contributed by atoms with Crippen LogP contribution in [0, 0.1) is 0 Å². The number of benzene rings is 1. The Hall–Kier alpha value is -0.600. The van der Waals surface area contributed by atoms with Crippen molar-refractivity contribution in [3.05, 3.63) is 39.3 Å². The van der Waals surface area contributed by atoms with E-state index in [-0.39, 0.29) is 53.4 Å². The van der Waals surface area contributed by atoms with Gasteiger partial charge < -0.3 is 27.4 Å². The number of rotatable bonds is 6. The summed E-state index contributed by atoms with van der Waals surface area (Å²) >= 11 is 8.42. The van der Waals surface area contributed by atoms with Gasteiger partial charge in [0.25, 0.3) is 0 Å². The molecule has 0 bridgehead atoms. The summed E-state index contributed by atoms with van der Waals surface area (Å²) in [6, 6.07) is 7.12. The summed E-state index contributed by atoms with van der Waals surface area (Å²) in [5, 5.41) is 2.79. The molecule has 0 unspecified atom stereocenters. The Bertz CT molecular complexity index is 528. The van der Waals surface area contributed by atoms with Gasteiger partial charge >= 0.3 is 41.5 Å². The normalized spacial score (nSPS) is 9.23. The minimum atomic E-state index is -0.800. The molecule has 8 heteroatoms. The number of hydrogen-bond acceptors (Lipinski definition) is 6. The zero-order valence-corrected chi connectivity index (χ0v) is 17.0. The number of esters is 2. The van der Waals surface area contributed by atoms with Crippen molar-refractivity contribution in [2.24, 2.45) is 0 Å². The first-order valence-corrected chi connectivity index (χ1v) is 7.47. The fourth-order valence-corrected chi connectivity index (χ4v) is 1.95. The zero-order chi connectivity index (χ0) is 15.8. The van der Waals surface area contributed by atoms with E-state index < -0.39 is 11.9 Å². The van der Waals surface area contributed by atoms with E-state index in [9.17, 15) is 9.59 Å². The van der Waals surface area contributed by atoms with Crippen LogP contribution in [0.5, 0.6) is 0 Å².